The molecule has 0 radical (unpaired) electrons. The molecule has 0 atom stereocenters. The van der Waals surface area contributed by atoms with Gasteiger partial charge in [-0.2, -0.15) is 10.2 Å². The summed E-state index contributed by atoms with van der Waals surface area (Å²) in [5.74, 6) is -1.09. The molecule has 9 heteroatoms. The molecule has 0 saturated heterocycles. The van der Waals surface area contributed by atoms with Crippen molar-refractivity contribution < 1.29 is 30.6 Å². The summed E-state index contributed by atoms with van der Waals surface area (Å²) < 4.78 is 0. The van der Waals surface area contributed by atoms with Gasteiger partial charge in [-0.25, -0.2) is 0 Å². The van der Waals surface area contributed by atoms with Crippen molar-refractivity contribution in [1.82, 2.24) is 5.43 Å². The molecule has 0 spiro atoms. The van der Waals surface area contributed by atoms with Crippen LogP contribution in [-0.2, 0) is 0 Å². The van der Waals surface area contributed by atoms with Gasteiger partial charge in [-0.1, -0.05) is 0 Å². The highest BCUT2D eigenvalue weighted by atomic mass is 16.3. The standard InChI is InChI=1S/C21H17N3O6/c25-11-1-4-14(19(28)7-11)16-10-17(15-5-2-12(26)8-20(15)29)23-24(22-16)18-6-3-13(27)9-21(18)30/h1-10,22,25-30H. The summed E-state index contributed by atoms with van der Waals surface area (Å²) in [6, 6.07) is 12.0. The van der Waals surface area contributed by atoms with Crippen LogP contribution < -0.4 is 10.5 Å². The summed E-state index contributed by atoms with van der Waals surface area (Å²) >= 11 is 0. The van der Waals surface area contributed by atoms with E-state index in [0.29, 0.717) is 11.3 Å². The molecule has 0 unspecified atom stereocenters. The number of hydrazine groups is 1. The van der Waals surface area contributed by atoms with Gasteiger partial charge in [0.1, 0.15) is 40.2 Å². The Labute approximate surface area is 170 Å². The second-order valence-corrected chi connectivity index (χ2v) is 6.54. The molecule has 4 rings (SSSR count). The number of nitrogens with one attached hydrogen (secondary N) is 1. The van der Waals surface area contributed by atoms with Gasteiger partial charge in [-0.3, -0.25) is 5.43 Å². The highest BCUT2D eigenvalue weighted by molar-refractivity contribution is 6.15. The van der Waals surface area contributed by atoms with Gasteiger partial charge in [0.15, 0.2) is 0 Å². The van der Waals surface area contributed by atoms with Crippen molar-refractivity contribution >= 4 is 17.1 Å². The topological polar surface area (TPSA) is 149 Å². The maximum atomic E-state index is 10.3. The van der Waals surface area contributed by atoms with Gasteiger partial charge in [0, 0.05) is 29.3 Å². The number of phenolic OH excluding ortho intramolecular Hbond substituents is 6. The van der Waals surface area contributed by atoms with Crippen LogP contribution in [-0.4, -0.2) is 36.4 Å². The van der Waals surface area contributed by atoms with Crippen LogP contribution in [0.4, 0.5) is 5.69 Å². The van der Waals surface area contributed by atoms with E-state index in [1.807, 2.05) is 0 Å². The molecule has 7 N–H and O–H groups in total. The first-order valence-electron chi connectivity index (χ1n) is 8.75. The van der Waals surface area contributed by atoms with Crippen molar-refractivity contribution in [2.45, 2.75) is 0 Å². The lowest BCUT2D eigenvalue weighted by Crippen LogP contribution is -2.36. The molecule has 9 nitrogen and oxygen atoms in total. The number of hydrogen-bond donors (Lipinski definition) is 7. The molecule has 0 saturated carbocycles. The second-order valence-electron chi connectivity index (χ2n) is 6.54. The maximum Gasteiger partial charge on any atom is 0.146 e. The molecule has 1 aliphatic heterocycles. The molecule has 0 aliphatic carbocycles. The van der Waals surface area contributed by atoms with E-state index in [1.165, 1.54) is 47.6 Å². The average molecular weight is 407 g/mol. The number of phenols is 6. The summed E-state index contributed by atoms with van der Waals surface area (Å²) in [6.45, 7) is 0. The van der Waals surface area contributed by atoms with E-state index in [9.17, 15) is 30.6 Å². The van der Waals surface area contributed by atoms with E-state index in [-0.39, 0.29) is 51.5 Å². The molecule has 1 aliphatic rings. The summed E-state index contributed by atoms with van der Waals surface area (Å²) in [5, 5.41) is 65.1. The van der Waals surface area contributed by atoms with Gasteiger partial charge in [0.25, 0.3) is 0 Å². The predicted octanol–water partition coefficient (Wildman–Crippen LogP) is 2.69. The zero-order chi connectivity index (χ0) is 21.4. The lowest BCUT2D eigenvalue weighted by Gasteiger charge is -2.28. The van der Waals surface area contributed by atoms with E-state index in [4.69, 9.17) is 0 Å². The van der Waals surface area contributed by atoms with E-state index in [1.54, 1.807) is 6.08 Å². The van der Waals surface area contributed by atoms with Gasteiger partial charge in [0.2, 0.25) is 0 Å². The van der Waals surface area contributed by atoms with Gasteiger partial charge in [0.05, 0.1) is 11.4 Å². The minimum absolute atomic E-state index is 0.120. The third-order valence-electron chi connectivity index (χ3n) is 4.43. The third kappa shape index (κ3) is 3.47. The zero-order valence-corrected chi connectivity index (χ0v) is 15.4. The molecule has 0 aromatic heterocycles. The average Bonchev–Trinajstić information content (AvgIpc) is 2.67. The number of aromatic hydroxyl groups is 6. The van der Waals surface area contributed by atoms with Crippen LogP contribution in [0.1, 0.15) is 11.1 Å². The molecule has 0 amide bonds. The minimum Gasteiger partial charge on any atom is -0.508 e. The van der Waals surface area contributed by atoms with E-state index in [0.717, 1.165) is 12.1 Å². The Kier molecular flexibility index (Phi) is 4.47. The number of anilines is 1. The molecule has 3 aromatic carbocycles. The lowest BCUT2D eigenvalue weighted by atomic mass is 10.0. The number of rotatable bonds is 3. The monoisotopic (exact) mass is 407 g/mol. The molecule has 1 heterocycles. The fourth-order valence-corrected chi connectivity index (χ4v) is 3.00. The van der Waals surface area contributed by atoms with Crippen LogP contribution in [0.25, 0.3) is 5.70 Å². The fourth-order valence-electron chi connectivity index (χ4n) is 3.00. The van der Waals surface area contributed by atoms with E-state index in [2.05, 4.69) is 10.5 Å². The van der Waals surface area contributed by atoms with Gasteiger partial charge >= 0.3 is 0 Å². The van der Waals surface area contributed by atoms with Gasteiger partial charge < -0.3 is 30.6 Å². The van der Waals surface area contributed by atoms with Crippen LogP contribution in [0.3, 0.4) is 0 Å². The Morgan fingerprint density at radius 1 is 0.633 bits per heavy atom. The van der Waals surface area contributed by atoms with Crippen LogP contribution in [0.15, 0.2) is 65.8 Å². The first-order chi connectivity index (χ1) is 14.3. The summed E-state index contributed by atoms with van der Waals surface area (Å²) in [6.07, 6.45) is 1.55. The van der Waals surface area contributed by atoms with Crippen molar-refractivity contribution in [1.29, 1.82) is 0 Å². The van der Waals surface area contributed by atoms with Crippen LogP contribution in [0.5, 0.6) is 34.5 Å². The smallest absolute Gasteiger partial charge is 0.146 e. The maximum absolute atomic E-state index is 10.3. The molecule has 0 bridgehead atoms. The lowest BCUT2D eigenvalue weighted by molar-refractivity contribution is 0.448. The minimum atomic E-state index is -0.267. The molecular formula is C21H17N3O6. The first kappa shape index (κ1) is 18.8. The van der Waals surface area contributed by atoms with E-state index >= 15 is 0 Å². The molecule has 0 fully saturated rings. The van der Waals surface area contributed by atoms with Gasteiger partial charge in [-0.05, 0) is 42.5 Å². The summed E-state index contributed by atoms with van der Waals surface area (Å²) in [7, 11) is 0. The number of benzene rings is 3. The fraction of sp³-hybridized carbons (Fsp3) is 0. The van der Waals surface area contributed by atoms with Crippen molar-refractivity contribution in [3.05, 3.63) is 71.8 Å². The van der Waals surface area contributed by atoms with Crippen molar-refractivity contribution in [2.24, 2.45) is 5.10 Å². The molecular weight excluding hydrogens is 390 g/mol. The second kappa shape index (κ2) is 7.13. The van der Waals surface area contributed by atoms with Crippen LogP contribution in [0, 0.1) is 0 Å². The largest absolute Gasteiger partial charge is 0.508 e. The van der Waals surface area contributed by atoms with Crippen molar-refractivity contribution in [3.63, 3.8) is 0 Å². The number of allylic oxidation sites excluding steroid dienone is 1. The number of hydrogen-bond acceptors (Lipinski definition) is 9. The zero-order valence-electron chi connectivity index (χ0n) is 15.4. The molecule has 152 valence electrons. The predicted molar refractivity (Wildman–Crippen MR) is 109 cm³/mol. The highest BCUT2D eigenvalue weighted by Gasteiger charge is 2.22. The SMILES string of the molecule is Oc1ccc(C2=CC(c3ccc(O)cc3O)=NN(c3ccc(O)cc3O)N2)c(O)c1. The normalized spacial score (nSPS) is 13.4. The molecule has 30 heavy (non-hydrogen) atoms. The summed E-state index contributed by atoms with van der Waals surface area (Å²) in [4.78, 5) is 0. The Balaban J connectivity index is 1.87. The number of hydrazone groups is 1. The van der Waals surface area contributed by atoms with Crippen molar-refractivity contribution in [3.8, 4) is 34.5 Å². The van der Waals surface area contributed by atoms with Crippen molar-refractivity contribution in [2.75, 3.05) is 5.12 Å². The highest BCUT2D eigenvalue weighted by Crippen LogP contribution is 2.35. The summed E-state index contributed by atoms with van der Waals surface area (Å²) in [5.41, 5.74) is 4.32. The van der Waals surface area contributed by atoms with Crippen LogP contribution in [0.2, 0.25) is 0 Å². The Bertz CT molecular complexity index is 1210. The Hall–Kier alpha value is -4.53. The van der Waals surface area contributed by atoms with Crippen LogP contribution >= 0.6 is 0 Å². The van der Waals surface area contributed by atoms with Gasteiger partial charge in [-0.15, -0.1) is 0 Å². The molecule has 3 aromatic rings. The third-order valence-corrected chi connectivity index (χ3v) is 4.43. The quantitative estimate of drug-likeness (QED) is 0.350. The number of nitrogens with zero attached hydrogens (tertiary/aromatic N) is 2. The first-order valence-corrected chi connectivity index (χ1v) is 8.75. The Morgan fingerprint density at radius 2 is 1.17 bits per heavy atom. The Morgan fingerprint density at radius 3 is 1.73 bits per heavy atom. The van der Waals surface area contributed by atoms with E-state index < -0.39 is 0 Å².